The molecule has 0 atom stereocenters. The number of rotatable bonds is 10. The molecule has 220 valence electrons. The fourth-order valence-corrected chi connectivity index (χ4v) is 6.39. The second-order valence-electron chi connectivity index (χ2n) is 9.23. The Bertz CT molecular complexity index is 1690. The average Bonchev–Trinajstić information content (AvgIpc) is 3.19. The van der Waals surface area contributed by atoms with E-state index < -0.39 is 21.3 Å². The van der Waals surface area contributed by atoms with Gasteiger partial charge in [0, 0.05) is 12.6 Å². The molecule has 42 heavy (non-hydrogen) atoms. The molecule has 0 aliphatic carbocycles. The molecule has 3 aromatic rings. The quantitative estimate of drug-likeness (QED) is 0.206. The highest BCUT2D eigenvalue weighted by Gasteiger charge is 2.35. The van der Waals surface area contributed by atoms with E-state index in [1.54, 1.807) is 6.07 Å². The summed E-state index contributed by atoms with van der Waals surface area (Å²) in [7, 11) is -2.92. The number of hydrogen-bond acceptors (Lipinski definition) is 9. The summed E-state index contributed by atoms with van der Waals surface area (Å²) in [4.78, 5) is 38.0. The summed E-state index contributed by atoms with van der Waals surface area (Å²) in [5, 5.41) is 2.14. The molecule has 1 N–H and O–H groups in total. The SMILES string of the molecule is COc1cc(/C=C2\SC(=O)N(CCOc3cc(C)ccc3C)C2=O)cc(Br)c1OS(=O)(=O)c1ccc(NC(C)=O)cc1. The van der Waals surface area contributed by atoms with Gasteiger partial charge < -0.3 is 19.0 Å². The molecule has 0 radical (unpaired) electrons. The van der Waals surface area contributed by atoms with E-state index in [0.717, 1.165) is 27.8 Å². The van der Waals surface area contributed by atoms with Gasteiger partial charge >= 0.3 is 10.1 Å². The number of imide groups is 1. The molecule has 3 amide bonds. The van der Waals surface area contributed by atoms with Gasteiger partial charge in [-0.3, -0.25) is 19.3 Å². The normalized spacial score (nSPS) is 14.3. The Morgan fingerprint density at radius 2 is 1.76 bits per heavy atom. The largest absolute Gasteiger partial charge is 0.493 e. The maximum atomic E-state index is 13.0. The molecule has 10 nitrogen and oxygen atoms in total. The van der Waals surface area contributed by atoms with Gasteiger partial charge in [0.1, 0.15) is 17.3 Å². The minimum atomic E-state index is -4.27. The third-order valence-electron chi connectivity index (χ3n) is 6.00. The number of anilines is 1. The molecule has 0 unspecified atom stereocenters. The van der Waals surface area contributed by atoms with Crippen molar-refractivity contribution in [1.82, 2.24) is 4.90 Å². The zero-order valence-electron chi connectivity index (χ0n) is 23.1. The lowest BCUT2D eigenvalue weighted by Crippen LogP contribution is -2.32. The van der Waals surface area contributed by atoms with Crippen LogP contribution in [-0.2, 0) is 19.7 Å². The van der Waals surface area contributed by atoms with Gasteiger partial charge in [0.25, 0.3) is 11.1 Å². The molecular weight excluding hydrogens is 648 g/mol. The fourth-order valence-electron chi connectivity index (χ4n) is 3.92. The molecule has 0 aromatic heterocycles. The first-order chi connectivity index (χ1) is 19.9. The minimum absolute atomic E-state index is 0.0789. The lowest BCUT2D eigenvalue weighted by molar-refractivity contribution is -0.123. The van der Waals surface area contributed by atoms with E-state index in [4.69, 9.17) is 13.7 Å². The van der Waals surface area contributed by atoms with Crippen LogP contribution in [0.1, 0.15) is 23.6 Å². The van der Waals surface area contributed by atoms with Crippen molar-refractivity contribution in [2.24, 2.45) is 0 Å². The Labute approximate surface area is 256 Å². The minimum Gasteiger partial charge on any atom is -0.493 e. The molecule has 0 spiro atoms. The van der Waals surface area contributed by atoms with Crippen LogP contribution in [0, 0.1) is 13.8 Å². The first-order valence-corrected chi connectivity index (χ1v) is 15.5. The predicted molar refractivity (Wildman–Crippen MR) is 163 cm³/mol. The van der Waals surface area contributed by atoms with Crippen LogP contribution in [0.5, 0.6) is 17.2 Å². The highest BCUT2D eigenvalue weighted by atomic mass is 79.9. The van der Waals surface area contributed by atoms with Crippen LogP contribution < -0.4 is 19.0 Å². The third kappa shape index (κ3) is 7.33. The maximum Gasteiger partial charge on any atom is 0.339 e. The number of thioether (sulfide) groups is 1. The van der Waals surface area contributed by atoms with Crippen molar-refractivity contribution in [3.8, 4) is 17.2 Å². The second kappa shape index (κ2) is 13.0. The summed E-state index contributed by atoms with van der Waals surface area (Å²) in [5.74, 6) is -0.0777. The molecule has 1 aliphatic heterocycles. The lowest BCUT2D eigenvalue weighted by atomic mass is 10.1. The number of ether oxygens (including phenoxy) is 2. The molecule has 0 saturated carbocycles. The molecule has 0 bridgehead atoms. The van der Waals surface area contributed by atoms with Crippen molar-refractivity contribution >= 4 is 66.6 Å². The standard InChI is InChI=1S/C29H27BrN2O8S2/c1-17-5-6-18(2)24(13-17)39-12-11-32-28(34)26(41-29(32)35)16-20-14-23(30)27(25(15-20)38-4)40-42(36,37)22-9-7-21(8-10-22)31-19(3)33/h5-10,13-16H,11-12H2,1-4H3,(H,31,33)/b26-16-. The summed E-state index contributed by atoms with van der Waals surface area (Å²) in [6.07, 6.45) is 1.52. The molecular formula is C29H27BrN2O8S2. The van der Waals surface area contributed by atoms with E-state index in [0.29, 0.717) is 17.0 Å². The molecule has 1 aliphatic rings. The van der Waals surface area contributed by atoms with Crippen molar-refractivity contribution < 1.29 is 36.5 Å². The van der Waals surface area contributed by atoms with Gasteiger partial charge in [-0.1, -0.05) is 12.1 Å². The Morgan fingerprint density at radius 1 is 1.05 bits per heavy atom. The zero-order valence-corrected chi connectivity index (χ0v) is 26.3. The van der Waals surface area contributed by atoms with E-state index in [9.17, 15) is 22.8 Å². The molecule has 1 fully saturated rings. The summed E-state index contributed by atoms with van der Waals surface area (Å²) in [6.45, 7) is 5.44. The van der Waals surface area contributed by atoms with Crippen molar-refractivity contribution in [2.45, 2.75) is 25.7 Å². The lowest BCUT2D eigenvalue weighted by Gasteiger charge is -2.15. The van der Waals surface area contributed by atoms with Crippen LogP contribution in [0.2, 0.25) is 0 Å². The van der Waals surface area contributed by atoms with Gasteiger partial charge in [-0.05, 0) is 107 Å². The Hall–Kier alpha value is -3.81. The molecule has 1 saturated heterocycles. The molecule has 1 heterocycles. The van der Waals surface area contributed by atoms with Crippen molar-refractivity contribution in [3.05, 3.63) is 80.7 Å². The van der Waals surface area contributed by atoms with E-state index in [2.05, 4.69) is 21.2 Å². The Morgan fingerprint density at radius 3 is 2.43 bits per heavy atom. The number of methoxy groups -OCH3 is 1. The first kappa shape index (κ1) is 31.1. The predicted octanol–water partition coefficient (Wildman–Crippen LogP) is 5.92. The number of hydrogen-bond donors (Lipinski definition) is 1. The van der Waals surface area contributed by atoms with Crippen LogP contribution in [-0.4, -0.2) is 50.6 Å². The van der Waals surface area contributed by atoms with E-state index in [1.807, 2.05) is 32.0 Å². The molecule has 3 aromatic carbocycles. The van der Waals surface area contributed by atoms with Crippen LogP contribution >= 0.6 is 27.7 Å². The van der Waals surface area contributed by atoms with Crippen molar-refractivity contribution in [1.29, 1.82) is 0 Å². The van der Waals surface area contributed by atoms with Gasteiger partial charge in [-0.25, -0.2) is 0 Å². The van der Waals surface area contributed by atoms with Crippen LogP contribution in [0.4, 0.5) is 10.5 Å². The molecule has 13 heteroatoms. The number of halogens is 1. The number of carbonyl (C=O) groups excluding carboxylic acids is 3. The van der Waals surface area contributed by atoms with E-state index in [-0.39, 0.29) is 44.8 Å². The summed E-state index contributed by atoms with van der Waals surface area (Å²) < 4.78 is 42.7. The molecule has 4 rings (SSSR count). The monoisotopic (exact) mass is 674 g/mol. The van der Waals surface area contributed by atoms with Crippen LogP contribution in [0.3, 0.4) is 0 Å². The zero-order chi connectivity index (χ0) is 30.6. The Balaban J connectivity index is 1.49. The highest BCUT2D eigenvalue weighted by Crippen LogP contribution is 2.40. The fraction of sp³-hybridized carbons (Fsp3) is 0.207. The number of nitrogens with one attached hydrogen (secondary N) is 1. The Kier molecular flexibility index (Phi) is 9.64. The first-order valence-electron chi connectivity index (χ1n) is 12.5. The van der Waals surface area contributed by atoms with E-state index in [1.165, 1.54) is 50.4 Å². The third-order valence-corrected chi connectivity index (χ3v) is 8.73. The number of nitrogens with zero attached hydrogens (tertiary/aromatic N) is 1. The topological polar surface area (TPSA) is 128 Å². The van der Waals surface area contributed by atoms with Crippen LogP contribution in [0.25, 0.3) is 6.08 Å². The van der Waals surface area contributed by atoms with Gasteiger partial charge in [0.15, 0.2) is 11.5 Å². The van der Waals surface area contributed by atoms with Gasteiger partial charge in [-0.2, -0.15) is 8.42 Å². The average molecular weight is 676 g/mol. The van der Waals surface area contributed by atoms with Crippen molar-refractivity contribution in [3.63, 3.8) is 0 Å². The summed E-state index contributed by atoms with van der Waals surface area (Å²) in [5.41, 5.74) is 2.90. The van der Waals surface area contributed by atoms with Gasteiger partial charge in [0.2, 0.25) is 5.91 Å². The summed E-state index contributed by atoms with van der Waals surface area (Å²) >= 11 is 4.12. The van der Waals surface area contributed by atoms with Gasteiger partial charge in [-0.15, -0.1) is 0 Å². The second-order valence-corrected chi connectivity index (χ2v) is 12.6. The number of amides is 3. The number of benzene rings is 3. The number of aryl methyl sites for hydroxylation is 2. The van der Waals surface area contributed by atoms with Crippen LogP contribution in [0.15, 0.2) is 68.9 Å². The van der Waals surface area contributed by atoms with Crippen molar-refractivity contribution in [2.75, 3.05) is 25.6 Å². The number of carbonyl (C=O) groups is 3. The van der Waals surface area contributed by atoms with E-state index >= 15 is 0 Å². The maximum absolute atomic E-state index is 13.0. The van der Waals surface area contributed by atoms with Gasteiger partial charge in [0.05, 0.1) is 23.0 Å². The smallest absolute Gasteiger partial charge is 0.339 e. The highest BCUT2D eigenvalue weighted by molar-refractivity contribution is 9.10. The summed E-state index contributed by atoms with van der Waals surface area (Å²) in [6, 6.07) is 14.3.